The van der Waals surface area contributed by atoms with Gasteiger partial charge in [-0.25, -0.2) is 4.39 Å². The van der Waals surface area contributed by atoms with E-state index >= 15 is 0 Å². The van der Waals surface area contributed by atoms with E-state index in [1.807, 2.05) is 6.92 Å². The number of carboxylic acid groups (broad SMARTS) is 1. The highest BCUT2D eigenvalue weighted by Gasteiger charge is 2.40. The average molecular weight is 293 g/mol. The summed E-state index contributed by atoms with van der Waals surface area (Å²) in [5.41, 5.74) is 0.227. The van der Waals surface area contributed by atoms with Gasteiger partial charge in [-0.2, -0.15) is 0 Å². The molecule has 4 heteroatoms. The molecule has 0 amide bonds. The molecule has 0 heterocycles. The number of anilines is 1. The zero-order valence-corrected chi connectivity index (χ0v) is 12.6. The number of aliphatic carboxylic acids is 1. The SMILES string of the molecule is CCN(CC1(C(=O)O)CCCCCC1)c1ccc(F)cc1. The highest BCUT2D eigenvalue weighted by Crippen LogP contribution is 2.37. The summed E-state index contributed by atoms with van der Waals surface area (Å²) < 4.78 is 13.1. The Kier molecular flexibility index (Phi) is 5.21. The summed E-state index contributed by atoms with van der Waals surface area (Å²) in [5.74, 6) is -0.956. The second-order valence-corrected chi connectivity index (χ2v) is 5.99. The molecular formula is C17H24FNO2. The maximum absolute atomic E-state index is 13.1. The first-order valence-corrected chi connectivity index (χ1v) is 7.81. The van der Waals surface area contributed by atoms with Gasteiger partial charge >= 0.3 is 5.97 Å². The Morgan fingerprint density at radius 2 is 1.76 bits per heavy atom. The van der Waals surface area contributed by atoms with E-state index in [0.29, 0.717) is 6.54 Å². The molecule has 1 aromatic rings. The van der Waals surface area contributed by atoms with Crippen molar-refractivity contribution in [2.45, 2.75) is 45.4 Å². The van der Waals surface area contributed by atoms with E-state index in [2.05, 4.69) is 4.90 Å². The van der Waals surface area contributed by atoms with Gasteiger partial charge in [-0.05, 0) is 44.0 Å². The fourth-order valence-electron chi connectivity index (χ4n) is 3.25. The molecule has 0 atom stereocenters. The van der Waals surface area contributed by atoms with Gasteiger partial charge in [-0.3, -0.25) is 4.79 Å². The van der Waals surface area contributed by atoms with Crippen molar-refractivity contribution in [3.8, 4) is 0 Å². The van der Waals surface area contributed by atoms with Crippen LogP contribution in [-0.4, -0.2) is 24.2 Å². The largest absolute Gasteiger partial charge is 0.481 e. The van der Waals surface area contributed by atoms with Crippen molar-refractivity contribution in [3.63, 3.8) is 0 Å². The summed E-state index contributed by atoms with van der Waals surface area (Å²) in [4.78, 5) is 13.9. The Hall–Kier alpha value is -1.58. The Morgan fingerprint density at radius 1 is 1.19 bits per heavy atom. The molecule has 0 aliphatic heterocycles. The fourth-order valence-corrected chi connectivity index (χ4v) is 3.25. The number of carboxylic acids is 1. The quantitative estimate of drug-likeness (QED) is 0.832. The first-order valence-electron chi connectivity index (χ1n) is 7.81. The lowest BCUT2D eigenvalue weighted by Gasteiger charge is -2.35. The van der Waals surface area contributed by atoms with Crippen LogP contribution in [0.1, 0.15) is 45.4 Å². The third kappa shape index (κ3) is 3.74. The third-order valence-electron chi connectivity index (χ3n) is 4.58. The van der Waals surface area contributed by atoms with Gasteiger partial charge in [0.1, 0.15) is 5.82 Å². The molecule has 0 spiro atoms. The Labute approximate surface area is 125 Å². The molecule has 1 aliphatic carbocycles. The molecule has 0 aromatic heterocycles. The molecule has 2 rings (SSSR count). The summed E-state index contributed by atoms with van der Waals surface area (Å²) in [5, 5.41) is 9.76. The average Bonchev–Trinajstić information content (AvgIpc) is 2.72. The lowest BCUT2D eigenvalue weighted by Crippen LogP contribution is -2.43. The number of hydrogen-bond donors (Lipinski definition) is 1. The number of hydrogen-bond acceptors (Lipinski definition) is 2. The number of rotatable bonds is 5. The lowest BCUT2D eigenvalue weighted by molar-refractivity contribution is -0.149. The highest BCUT2D eigenvalue weighted by molar-refractivity contribution is 5.75. The molecule has 1 aliphatic rings. The predicted octanol–water partition coefficient (Wildman–Crippen LogP) is 4.08. The summed E-state index contributed by atoms with van der Waals surface area (Å²) in [7, 11) is 0. The normalized spacial score (nSPS) is 18.0. The highest BCUT2D eigenvalue weighted by atomic mass is 19.1. The van der Waals surface area contributed by atoms with Crippen molar-refractivity contribution in [1.82, 2.24) is 0 Å². The molecule has 1 aromatic carbocycles. The molecule has 0 bridgehead atoms. The maximum atomic E-state index is 13.1. The molecule has 1 saturated carbocycles. The van der Waals surface area contributed by atoms with Crippen molar-refractivity contribution >= 4 is 11.7 Å². The fraction of sp³-hybridized carbons (Fsp3) is 0.588. The molecule has 1 N–H and O–H groups in total. The number of nitrogens with zero attached hydrogens (tertiary/aromatic N) is 1. The smallest absolute Gasteiger partial charge is 0.311 e. The lowest BCUT2D eigenvalue weighted by atomic mass is 9.79. The van der Waals surface area contributed by atoms with Crippen molar-refractivity contribution in [1.29, 1.82) is 0 Å². The minimum atomic E-state index is -0.690. The summed E-state index contributed by atoms with van der Waals surface area (Å²) in [6.45, 7) is 3.24. The van der Waals surface area contributed by atoms with Gasteiger partial charge in [0.25, 0.3) is 0 Å². The second-order valence-electron chi connectivity index (χ2n) is 5.99. The molecule has 3 nitrogen and oxygen atoms in total. The molecule has 0 radical (unpaired) electrons. The predicted molar refractivity (Wildman–Crippen MR) is 82.1 cm³/mol. The van der Waals surface area contributed by atoms with Gasteiger partial charge in [0.15, 0.2) is 0 Å². The first kappa shape index (κ1) is 15.8. The van der Waals surface area contributed by atoms with Crippen LogP contribution in [0, 0.1) is 11.2 Å². The van der Waals surface area contributed by atoms with Crippen LogP contribution >= 0.6 is 0 Å². The van der Waals surface area contributed by atoms with E-state index < -0.39 is 11.4 Å². The van der Waals surface area contributed by atoms with Crippen LogP contribution in [-0.2, 0) is 4.79 Å². The van der Waals surface area contributed by atoms with Gasteiger partial charge in [-0.1, -0.05) is 25.7 Å². The van der Waals surface area contributed by atoms with Crippen LogP contribution in [0.25, 0.3) is 0 Å². The van der Waals surface area contributed by atoms with E-state index in [4.69, 9.17) is 0 Å². The van der Waals surface area contributed by atoms with Crippen LogP contribution in [0.5, 0.6) is 0 Å². The molecule has 0 saturated heterocycles. The van der Waals surface area contributed by atoms with Crippen LogP contribution in [0.15, 0.2) is 24.3 Å². The Balaban J connectivity index is 2.20. The van der Waals surface area contributed by atoms with Gasteiger partial charge in [-0.15, -0.1) is 0 Å². The van der Waals surface area contributed by atoms with E-state index in [0.717, 1.165) is 50.8 Å². The van der Waals surface area contributed by atoms with Crippen molar-refractivity contribution in [2.75, 3.05) is 18.0 Å². The molecule has 1 fully saturated rings. The standard InChI is InChI=1S/C17H24FNO2/c1-2-19(15-9-7-14(18)8-10-15)13-17(16(20)21)11-5-3-4-6-12-17/h7-10H,2-6,11-13H2,1H3,(H,20,21). The van der Waals surface area contributed by atoms with E-state index in [1.165, 1.54) is 12.1 Å². The van der Waals surface area contributed by atoms with Crippen LogP contribution in [0.3, 0.4) is 0 Å². The molecule has 116 valence electrons. The monoisotopic (exact) mass is 293 g/mol. The zero-order chi connectivity index (χ0) is 15.3. The summed E-state index contributed by atoms with van der Waals surface area (Å²) >= 11 is 0. The van der Waals surface area contributed by atoms with Crippen molar-refractivity contribution in [3.05, 3.63) is 30.1 Å². The molecule has 21 heavy (non-hydrogen) atoms. The van der Waals surface area contributed by atoms with Crippen LogP contribution in [0.2, 0.25) is 0 Å². The van der Waals surface area contributed by atoms with Crippen molar-refractivity contribution in [2.24, 2.45) is 5.41 Å². The minimum Gasteiger partial charge on any atom is -0.481 e. The number of halogens is 1. The van der Waals surface area contributed by atoms with Gasteiger partial charge in [0.05, 0.1) is 5.41 Å². The zero-order valence-electron chi connectivity index (χ0n) is 12.6. The first-order chi connectivity index (χ1) is 10.1. The molecule has 0 unspecified atom stereocenters. The number of benzene rings is 1. The van der Waals surface area contributed by atoms with Crippen molar-refractivity contribution < 1.29 is 14.3 Å². The molecular weight excluding hydrogens is 269 g/mol. The Bertz CT molecular complexity index is 464. The van der Waals surface area contributed by atoms with Gasteiger partial charge < -0.3 is 10.0 Å². The second kappa shape index (κ2) is 6.92. The number of carbonyl (C=O) groups is 1. The van der Waals surface area contributed by atoms with E-state index in [9.17, 15) is 14.3 Å². The summed E-state index contributed by atoms with van der Waals surface area (Å²) in [6.07, 6.45) is 5.68. The summed E-state index contributed by atoms with van der Waals surface area (Å²) in [6, 6.07) is 6.31. The van der Waals surface area contributed by atoms with Crippen LogP contribution in [0.4, 0.5) is 10.1 Å². The van der Waals surface area contributed by atoms with E-state index in [1.54, 1.807) is 12.1 Å². The van der Waals surface area contributed by atoms with Gasteiger partial charge in [0.2, 0.25) is 0 Å². The minimum absolute atomic E-state index is 0.266. The van der Waals surface area contributed by atoms with Gasteiger partial charge in [0, 0.05) is 18.8 Å². The van der Waals surface area contributed by atoms with Crippen LogP contribution < -0.4 is 4.90 Å². The third-order valence-corrected chi connectivity index (χ3v) is 4.58. The maximum Gasteiger partial charge on any atom is 0.311 e. The van der Waals surface area contributed by atoms with E-state index in [-0.39, 0.29) is 5.82 Å². The topological polar surface area (TPSA) is 40.5 Å². The Morgan fingerprint density at radius 3 is 2.24 bits per heavy atom.